The van der Waals surface area contributed by atoms with Crippen molar-refractivity contribution in [1.82, 2.24) is 0 Å². The molecule has 0 N–H and O–H groups in total. The maximum absolute atomic E-state index is 6.87. The summed E-state index contributed by atoms with van der Waals surface area (Å²) >= 11 is 0. The lowest BCUT2D eigenvalue weighted by Crippen LogP contribution is -2.11. The molecule has 0 amide bonds. The Morgan fingerprint density at radius 2 is 0.958 bits per heavy atom. The number of hydrogen-bond acceptors (Lipinski definition) is 2. The lowest BCUT2D eigenvalue weighted by molar-refractivity contribution is 0.670. The van der Waals surface area contributed by atoms with E-state index < -0.39 is 0 Å². The second-order valence-corrected chi connectivity index (χ2v) is 12.1. The van der Waals surface area contributed by atoms with E-state index in [0.29, 0.717) is 0 Å². The molecule has 0 aliphatic rings. The number of rotatable bonds is 6. The first kappa shape index (κ1) is 27.9. The minimum Gasteiger partial charge on any atom is -0.455 e. The van der Waals surface area contributed by atoms with Crippen molar-refractivity contribution in [3.8, 4) is 33.4 Å². The van der Waals surface area contributed by atoms with Crippen LogP contribution in [0.3, 0.4) is 0 Å². The van der Waals surface area contributed by atoms with Crippen LogP contribution in [0.25, 0.3) is 66.1 Å². The number of fused-ring (bicyclic) bond motifs is 4. The number of nitrogens with zero attached hydrogens (tertiary/aromatic N) is 1. The Balaban J connectivity index is 1.26. The largest absolute Gasteiger partial charge is 0.455 e. The fourth-order valence-electron chi connectivity index (χ4n) is 6.98. The predicted octanol–water partition coefficient (Wildman–Crippen LogP) is 13.2. The summed E-state index contributed by atoms with van der Waals surface area (Å²) in [7, 11) is 0. The number of para-hydroxylation sites is 1. The van der Waals surface area contributed by atoms with Crippen molar-refractivity contribution in [3.63, 3.8) is 0 Å². The quantitative estimate of drug-likeness (QED) is 0.185. The van der Waals surface area contributed by atoms with Crippen molar-refractivity contribution in [1.29, 1.82) is 0 Å². The predicted molar refractivity (Wildman–Crippen MR) is 202 cm³/mol. The zero-order valence-corrected chi connectivity index (χ0v) is 26.3. The van der Waals surface area contributed by atoms with Gasteiger partial charge in [-0.2, -0.15) is 0 Å². The van der Waals surface area contributed by atoms with Gasteiger partial charge in [0, 0.05) is 39.3 Å². The summed E-state index contributed by atoms with van der Waals surface area (Å²) in [6.07, 6.45) is 0. The summed E-state index contributed by atoms with van der Waals surface area (Å²) in [6, 6.07) is 66.7. The molecule has 0 aliphatic heterocycles. The SMILES string of the molecule is c1ccc(-c2ccc(N(c3ccc4c(c3)oc3c(-c5ccccc5)c5ccccc5cc34)c3ccccc3-c3ccccc3)cc2)cc1. The third-order valence-corrected chi connectivity index (χ3v) is 9.25. The highest BCUT2D eigenvalue weighted by Crippen LogP contribution is 2.45. The van der Waals surface area contributed by atoms with E-state index >= 15 is 0 Å². The first-order valence-electron chi connectivity index (χ1n) is 16.4. The van der Waals surface area contributed by atoms with Gasteiger partial charge in [0.1, 0.15) is 11.2 Å². The van der Waals surface area contributed by atoms with E-state index in [1.807, 2.05) is 0 Å². The highest BCUT2D eigenvalue weighted by atomic mass is 16.3. The summed E-state index contributed by atoms with van der Waals surface area (Å²) in [5.74, 6) is 0. The van der Waals surface area contributed by atoms with Crippen LogP contribution in [0.2, 0.25) is 0 Å². The van der Waals surface area contributed by atoms with Gasteiger partial charge in [-0.05, 0) is 69.4 Å². The molecular formula is C46H31NO. The van der Waals surface area contributed by atoms with Gasteiger partial charge in [0.15, 0.2) is 0 Å². The third-order valence-electron chi connectivity index (χ3n) is 9.25. The molecule has 0 bridgehead atoms. The Bertz CT molecular complexity index is 2530. The average Bonchev–Trinajstić information content (AvgIpc) is 3.53. The summed E-state index contributed by atoms with van der Waals surface area (Å²) in [5, 5.41) is 4.62. The van der Waals surface area contributed by atoms with Crippen LogP contribution in [0.4, 0.5) is 17.1 Å². The Morgan fingerprint density at radius 3 is 1.71 bits per heavy atom. The zero-order chi connectivity index (χ0) is 31.9. The molecule has 2 nitrogen and oxygen atoms in total. The fraction of sp³-hybridized carbons (Fsp3) is 0. The minimum absolute atomic E-state index is 0.859. The number of anilines is 3. The second kappa shape index (κ2) is 11.8. The molecule has 48 heavy (non-hydrogen) atoms. The molecule has 1 aromatic heterocycles. The van der Waals surface area contributed by atoms with Crippen molar-refractivity contribution < 1.29 is 4.42 Å². The molecule has 9 rings (SSSR count). The molecule has 0 spiro atoms. The third kappa shape index (κ3) is 4.83. The molecule has 0 radical (unpaired) electrons. The van der Waals surface area contributed by atoms with E-state index in [4.69, 9.17) is 4.42 Å². The van der Waals surface area contributed by atoms with Crippen LogP contribution < -0.4 is 4.90 Å². The van der Waals surface area contributed by atoms with Gasteiger partial charge in [-0.15, -0.1) is 0 Å². The van der Waals surface area contributed by atoms with Gasteiger partial charge in [-0.3, -0.25) is 0 Å². The summed E-state index contributed by atoms with van der Waals surface area (Å²) in [6.45, 7) is 0. The van der Waals surface area contributed by atoms with Crippen molar-refractivity contribution in [2.75, 3.05) is 4.90 Å². The highest BCUT2D eigenvalue weighted by Gasteiger charge is 2.21. The molecule has 0 aliphatic carbocycles. The number of hydrogen-bond donors (Lipinski definition) is 0. The summed E-state index contributed by atoms with van der Waals surface area (Å²) < 4.78 is 6.87. The number of benzene rings is 8. The van der Waals surface area contributed by atoms with Gasteiger partial charge >= 0.3 is 0 Å². The first-order chi connectivity index (χ1) is 23.8. The van der Waals surface area contributed by atoms with E-state index in [-0.39, 0.29) is 0 Å². The van der Waals surface area contributed by atoms with Crippen LogP contribution in [0.5, 0.6) is 0 Å². The molecular weight excluding hydrogens is 583 g/mol. The van der Waals surface area contributed by atoms with Crippen LogP contribution in [0.1, 0.15) is 0 Å². The maximum atomic E-state index is 6.87. The maximum Gasteiger partial charge on any atom is 0.143 e. The van der Waals surface area contributed by atoms with Gasteiger partial charge in [0.2, 0.25) is 0 Å². The highest BCUT2D eigenvalue weighted by molar-refractivity contribution is 6.18. The van der Waals surface area contributed by atoms with E-state index in [9.17, 15) is 0 Å². The van der Waals surface area contributed by atoms with Crippen LogP contribution >= 0.6 is 0 Å². The monoisotopic (exact) mass is 613 g/mol. The molecule has 0 atom stereocenters. The molecule has 9 aromatic rings. The van der Waals surface area contributed by atoms with Crippen molar-refractivity contribution in [2.24, 2.45) is 0 Å². The van der Waals surface area contributed by atoms with Gasteiger partial charge < -0.3 is 9.32 Å². The molecule has 0 saturated carbocycles. The summed E-state index contributed by atoms with van der Waals surface area (Å²) in [4.78, 5) is 2.35. The Morgan fingerprint density at radius 1 is 0.375 bits per heavy atom. The fourth-order valence-corrected chi connectivity index (χ4v) is 6.98. The zero-order valence-electron chi connectivity index (χ0n) is 26.3. The van der Waals surface area contributed by atoms with Crippen molar-refractivity contribution in [3.05, 3.63) is 188 Å². The van der Waals surface area contributed by atoms with E-state index in [1.54, 1.807) is 0 Å². The Labute approximate surface area is 279 Å². The van der Waals surface area contributed by atoms with Gasteiger partial charge in [-0.25, -0.2) is 0 Å². The van der Waals surface area contributed by atoms with Gasteiger partial charge in [0.05, 0.1) is 5.69 Å². The normalized spacial score (nSPS) is 11.3. The minimum atomic E-state index is 0.859. The smallest absolute Gasteiger partial charge is 0.143 e. The van der Waals surface area contributed by atoms with E-state index in [2.05, 4.69) is 193 Å². The van der Waals surface area contributed by atoms with Crippen LogP contribution in [-0.4, -0.2) is 0 Å². The lowest BCUT2D eigenvalue weighted by atomic mass is 9.95. The molecule has 0 unspecified atom stereocenters. The van der Waals surface area contributed by atoms with Crippen LogP contribution in [0.15, 0.2) is 192 Å². The Hall–Kier alpha value is -6.38. The lowest BCUT2D eigenvalue weighted by Gasteiger charge is -2.28. The molecule has 226 valence electrons. The topological polar surface area (TPSA) is 16.4 Å². The molecule has 0 saturated heterocycles. The summed E-state index contributed by atoms with van der Waals surface area (Å²) in [5.41, 5.74) is 12.0. The van der Waals surface area contributed by atoms with E-state index in [0.717, 1.165) is 55.7 Å². The first-order valence-corrected chi connectivity index (χ1v) is 16.4. The standard InChI is InChI=1S/C46H31NO/c1-4-14-32(15-5-1)33-24-26-37(27-25-33)47(43-23-13-12-21-39(43)34-16-6-2-7-17-34)38-28-29-41-42-30-36-20-10-11-22-40(36)45(35-18-8-3-9-19-35)46(42)48-44(41)31-38/h1-31H. The van der Waals surface area contributed by atoms with Crippen molar-refractivity contribution >= 4 is 49.8 Å². The average molecular weight is 614 g/mol. The molecule has 8 aromatic carbocycles. The second-order valence-electron chi connectivity index (χ2n) is 12.1. The number of furan rings is 1. The molecule has 0 fully saturated rings. The molecule has 1 heterocycles. The van der Waals surface area contributed by atoms with Gasteiger partial charge in [0.25, 0.3) is 0 Å². The van der Waals surface area contributed by atoms with Crippen molar-refractivity contribution in [2.45, 2.75) is 0 Å². The van der Waals surface area contributed by atoms with Crippen LogP contribution in [0, 0.1) is 0 Å². The van der Waals surface area contributed by atoms with Crippen LogP contribution in [-0.2, 0) is 0 Å². The molecule has 2 heteroatoms. The van der Waals surface area contributed by atoms with Gasteiger partial charge in [-0.1, -0.05) is 146 Å². The van der Waals surface area contributed by atoms with E-state index in [1.165, 1.54) is 27.5 Å². The Kier molecular flexibility index (Phi) is 6.84.